The molecule has 8 heteroatoms. The Morgan fingerprint density at radius 1 is 1.50 bits per heavy atom. The average Bonchev–Trinajstić information content (AvgIpc) is 2.38. The molecule has 1 aliphatic rings. The van der Waals surface area contributed by atoms with Gasteiger partial charge in [-0.15, -0.1) is 0 Å². The van der Waals surface area contributed by atoms with E-state index in [-0.39, 0.29) is 19.7 Å². The van der Waals surface area contributed by atoms with E-state index in [9.17, 15) is 13.2 Å². The molecule has 3 N–H and O–H groups in total. The number of carbonyl (C=O) groups excluding carboxylic acids is 1. The van der Waals surface area contributed by atoms with Crippen molar-refractivity contribution in [1.29, 1.82) is 0 Å². The lowest BCUT2D eigenvalue weighted by atomic mass is 9.99. The van der Waals surface area contributed by atoms with Crippen LogP contribution in [0, 0.1) is 0 Å². The molecule has 0 radical (unpaired) electrons. The predicted octanol–water partition coefficient (Wildman–Crippen LogP) is 0.618. The van der Waals surface area contributed by atoms with Crippen LogP contribution in [0.5, 0.6) is 0 Å². The van der Waals surface area contributed by atoms with E-state index in [0.717, 1.165) is 11.1 Å². The highest BCUT2D eigenvalue weighted by Gasteiger charge is 2.29. The number of benzene rings is 1. The lowest BCUT2D eigenvalue weighted by molar-refractivity contribution is 0.158. The maximum Gasteiger partial charge on any atom is 0.421 e. The van der Waals surface area contributed by atoms with Crippen LogP contribution in [0.4, 0.5) is 10.5 Å². The first-order valence-electron chi connectivity index (χ1n) is 6.25. The first kappa shape index (κ1) is 14.6. The van der Waals surface area contributed by atoms with Gasteiger partial charge in [-0.25, -0.2) is 9.52 Å². The van der Waals surface area contributed by atoms with Crippen LogP contribution in [0.15, 0.2) is 18.2 Å². The van der Waals surface area contributed by atoms with Gasteiger partial charge in [-0.1, -0.05) is 12.1 Å². The highest BCUT2D eigenvalue weighted by Crippen LogP contribution is 2.25. The van der Waals surface area contributed by atoms with E-state index in [1.807, 2.05) is 10.8 Å². The lowest BCUT2D eigenvalue weighted by Gasteiger charge is -2.28. The molecule has 1 aromatic rings. The van der Waals surface area contributed by atoms with Gasteiger partial charge in [0.05, 0.1) is 6.61 Å². The fourth-order valence-corrected chi connectivity index (χ4v) is 3.19. The van der Waals surface area contributed by atoms with Crippen LogP contribution in [0.2, 0.25) is 0 Å². The van der Waals surface area contributed by atoms with Crippen molar-refractivity contribution in [2.24, 2.45) is 0 Å². The van der Waals surface area contributed by atoms with Crippen molar-refractivity contribution in [3.8, 4) is 0 Å². The van der Waals surface area contributed by atoms with Gasteiger partial charge in [-0.05, 0) is 30.5 Å². The van der Waals surface area contributed by atoms with Crippen molar-refractivity contribution in [3.63, 3.8) is 0 Å². The molecule has 0 saturated carbocycles. The molecular weight excluding hydrogens is 282 g/mol. The molecule has 1 heterocycles. The number of nitrogen functional groups attached to an aromatic ring is 1. The summed E-state index contributed by atoms with van der Waals surface area (Å²) in [5, 5.41) is 0. The molecule has 0 atom stereocenters. The smallest absolute Gasteiger partial charge is 0.421 e. The summed E-state index contributed by atoms with van der Waals surface area (Å²) in [6, 6.07) is 5.40. The zero-order valence-corrected chi connectivity index (χ0v) is 11.9. The number of amides is 1. The summed E-state index contributed by atoms with van der Waals surface area (Å²) in [5.41, 5.74) is 8.34. The fraction of sp³-hybridized carbons (Fsp3) is 0.417. The molecule has 2 rings (SSSR count). The molecule has 1 aromatic carbocycles. The van der Waals surface area contributed by atoms with Crippen LogP contribution in [0.25, 0.3) is 0 Å². The molecule has 110 valence electrons. The number of nitrogens with one attached hydrogen (secondary N) is 1. The van der Waals surface area contributed by atoms with Gasteiger partial charge in [0.25, 0.3) is 0 Å². The van der Waals surface area contributed by atoms with Gasteiger partial charge in [0.2, 0.25) is 0 Å². The Balaban J connectivity index is 2.14. The van der Waals surface area contributed by atoms with E-state index in [4.69, 9.17) is 5.73 Å². The first-order valence-corrected chi connectivity index (χ1v) is 7.69. The number of ether oxygens (including phenoxy) is 1. The zero-order valence-electron chi connectivity index (χ0n) is 11.1. The van der Waals surface area contributed by atoms with E-state index in [0.29, 0.717) is 12.1 Å². The number of rotatable bonds is 3. The van der Waals surface area contributed by atoms with Crippen molar-refractivity contribution >= 4 is 22.0 Å². The Bertz CT molecular complexity index is 615. The molecule has 0 aliphatic carbocycles. The van der Waals surface area contributed by atoms with Crippen molar-refractivity contribution in [1.82, 2.24) is 9.03 Å². The van der Waals surface area contributed by atoms with Gasteiger partial charge >= 0.3 is 16.3 Å². The molecule has 0 fully saturated rings. The second-order valence-corrected chi connectivity index (χ2v) is 6.07. The number of carbonyl (C=O) groups is 1. The maximum absolute atomic E-state index is 12.0. The molecule has 0 saturated heterocycles. The van der Waals surface area contributed by atoms with Crippen molar-refractivity contribution in [2.75, 3.05) is 18.9 Å². The molecule has 20 heavy (non-hydrogen) atoms. The predicted molar refractivity (Wildman–Crippen MR) is 74.0 cm³/mol. The third kappa shape index (κ3) is 3.02. The minimum atomic E-state index is -3.89. The molecule has 7 nitrogen and oxygen atoms in total. The number of fused-ring (bicyclic) bond motifs is 1. The second-order valence-electron chi connectivity index (χ2n) is 4.40. The zero-order chi connectivity index (χ0) is 14.8. The van der Waals surface area contributed by atoms with E-state index in [2.05, 4.69) is 4.74 Å². The Kier molecular flexibility index (Phi) is 4.15. The number of nitrogens with two attached hydrogens (primary N) is 1. The topological polar surface area (TPSA) is 102 Å². The van der Waals surface area contributed by atoms with Crippen LogP contribution in [-0.4, -0.2) is 32.0 Å². The molecular formula is C12H17N3O4S. The second kappa shape index (κ2) is 5.68. The number of hydrogen-bond donors (Lipinski definition) is 2. The van der Waals surface area contributed by atoms with E-state index in [1.165, 1.54) is 4.31 Å². The Hall–Kier alpha value is -1.80. The van der Waals surface area contributed by atoms with Crippen LogP contribution >= 0.6 is 0 Å². The maximum atomic E-state index is 12.0. The largest absolute Gasteiger partial charge is 0.449 e. The van der Waals surface area contributed by atoms with Crippen molar-refractivity contribution < 1.29 is 17.9 Å². The minimum Gasteiger partial charge on any atom is -0.449 e. The third-order valence-corrected chi connectivity index (χ3v) is 4.51. The lowest BCUT2D eigenvalue weighted by Crippen LogP contribution is -2.45. The molecule has 0 aromatic heterocycles. The first-order chi connectivity index (χ1) is 9.44. The molecule has 0 spiro atoms. The minimum absolute atomic E-state index is 0.112. The summed E-state index contributed by atoms with van der Waals surface area (Å²) in [6.07, 6.45) is -0.447. The molecule has 0 bridgehead atoms. The highest BCUT2D eigenvalue weighted by atomic mass is 32.2. The summed E-state index contributed by atoms with van der Waals surface area (Å²) in [6.45, 7) is 2.18. The van der Waals surface area contributed by atoms with Crippen molar-refractivity contribution in [3.05, 3.63) is 29.3 Å². The van der Waals surface area contributed by atoms with Crippen LogP contribution in [0.1, 0.15) is 18.1 Å². The molecule has 0 unspecified atom stereocenters. The molecule has 1 aliphatic heterocycles. The van der Waals surface area contributed by atoms with Gasteiger partial charge in [-0.3, -0.25) is 0 Å². The summed E-state index contributed by atoms with van der Waals surface area (Å²) < 4.78 is 31.8. The summed E-state index contributed by atoms with van der Waals surface area (Å²) in [5.74, 6) is 0. The average molecular weight is 299 g/mol. The SMILES string of the molecule is CCOC(=O)NS(=O)(=O)N1CCc2c(N)cccc2C1. The van der Waals surface area contributed by atoms with E-state index in [1.54, 1.807) is 19.1 Å². The normalized spacial score (nSPS) is 15.4. The van der Waals surface area contributed by atoms with Gasteiger partial charge in [0.1, 0.15) is 0 Å². The third-order valence-electron chi connectivity index (χ3n) is 3.09. The fourth-order valence-electron chi connectivity index (χ4n) is 2.15. The standard InChI is InChI=1S/C12H17N3O4S/c1-2-19-12(16)14-20(17,18)15-7-6-10-9(8-15)4-3-5-11(10)13/h3-5H,2,6-8,13H2,1H3,(H,14,16). The van der Waals surface area contributed by atoms with Crippen LogP contribution in [0.3, 0.4) is 0 Å². The Labute approximate surface area is 117 Å². The summed E-state index contributed by atoms with van der Waals surface area (Å²) in [4.78, 5) is 11.2. The number of nitrogens with zero attached hydrogens (tertiary/aromatic N) is 1. The van der Waals surface area contributed by atoms with Crippen LogP contribution in [-0.2, 0) is 27.9 Å². The Morgan fingerprint density at radius 3 is 2.95 bits per heavy atom. The van der Waals surface area contributed by atoms with Gasteiger partial charge < -0.3 is 10.5 Å². The van der Waals surface area contributed by atoms with Gasteiger partial charge in [0, 0.05) is 18.8 Å². The number of anilines is 1. The van der Waals surface area contributed by atoms with Crippen LogP contribution < -0.4 is 10.5 Å². The highest BCUT2D eigenvalue weighted by molar-refractivity contribution is 7.87. The van der Waals surface area contributed by atoms with E-state index >= 15 is 0 Å². The van der Waals surface area contributed by atoms with Gasteiger partial charge in [0.15, 0.2) is 0 Å². The Morgan fingerprint density at radius 2 is 2.25 bits per heavy atom. The molecule has 1 amide bonds. The monoisotopic (exact) mass is 299 g/mol. The summed E-state index contributed by atoms with van der Waals surface area (Å²) >= 11 is 0. The quantitative estimate of drug-likeness (QED) is 0.797. The van der Waals surface area contributed by atoms with Crippen molar-refractivity contribution in [2.45, 2.75) is 19.9 Å². The summed E-state index contributed by atoms with van der Waals surface area (Å²) in [7, 11) is -3.89. The van der Waals surface area contributed by atoms with Gasteiger partial charge in [-0.2, -0.15) is 12.7 Å². The van der Waals surface area contributed by atoms with E-state index < -0.39 is 16.3 Å². The number of hydrogen-bond acceptors (Lipinski definition) is 5.